The summed E-state index contributed by atoms with van der Waals surface area (Å²) in [5.41, 5.74) is 1.66. The molecule has 2 aromatic carbocycles. The van der Waals surface area contributed by atoms with Crippen LogP contribution in [0.1, 0.15) is 0 Å². The van der Waals surface area contributed by atoms with Crippen LogP contribution in [0.4, 0.5) is 0 Å². The van der Waals surface area contributed by atoms with E-state index in [1.807, 2.05) is 0 Å². The number of phenolic OH excluding ortho intramolecular Hbond substituents is 2. The van der Waals surface area contributed by atoms with Crippen molar-refractivity contribution in [3.05, 3.63) is 42.5 Å². The fourth-order valence-electron chi connectivity index (χ4n) is 2.15. The van der Waals surface area contributed by atoms with Gasteiger partial charge in [0, 0.05) is 23.1 Å². The highest BCUT2D eigenvalue weighted by Crippen LogP contribution is 2.34. The van der Waals surface area contributed by atoms with Gasteiger partial charge < -0.3 is 20.1 Å². The monoisotopic (exact) mass is 283 g/mol. The number of fused-ring (bicyclic) bond motifs is 1. The molecule has 0 atom stereocenters. The predicted octanol–water partition coefficient (Wildman–Crippen LogP) is 3.03. The summed E-state index contributed by atoms with van der Waals surface area (Å²) < 4.78 is 5.15. The molecule has 5 nitrogen and oxygen atoms in total. The van der Waals surface area contributed by atoms with E-state index in [0.717, 1.165) is 0 Å². The summed E-state index contributed by atoms with van der Waals surface area (Å²) >= 11 is 0. The Morgan fingerprint density at radius 2 is 1.67 bits per heavy atom. The topological polar surface area (TPSA) is 82.8 Å². The lowest BCUT2D eigenvalue weighted by atomic mass is 10.1. The largest absolute Gasteiger partial charge is 0.507 e. The van der Waals surface area contributed by atoms with Crippen molar-refractivity contribution in [3.63, 3.8) is 0 Å². The van der Waals surface area contributed by atoms with Crippen LogP contribution in [0, 0.1) is 0 Å². The minimum absolute atomic E-state index is 0.0882. The van der Waals surface area contributed by atoms with Crippen LogP contribution < -0.4 is 4.74 Å². The summed E-state index contributed by atoms with van der Waals surface area (Å²) in [5.74, 6) is 0.287. The van der Waals surface area contributed by atoms with E-state index in [1.165, 1.54) is 18.2 Å². The number of pyridine rings is 1. The summed E-state index contributed by atoms with van der Waals surface area (Å²) in [6.45, 7) is 0. The van der Waals surface area contributed by atoms with E-state index in [0.29, 0.717) is 27.9 Å². The molecule has 0 spiro atoms. The van der Waals surface area contributed by atoms with Crippen LogP contribution in [0.3, 0.4) is 0 Å². The molecular weight excluding hydrogens is 270 g/mol. The maximum absolute atomic E-state index is 10.1. The second-order valence-electron chi connectivity index (χ2n) is 4.61. The molecule has 0 amide bonds. The fraction of sp³-hybridized carbons (Fsp3) is 0.0625. The van der Waals surface area contributed by atoms with Crippen molar-refractivity contribution in [1.82, 2.24) is 4.98 Å². The normalized spacial score (nSPS) is 10.7. The number of phenols is 2. The number of hydrogen-bond acceptors (Lipinski definition) is 5. The molecule has 5 heteroatoms. The van der Waals surface area contributed by atoms with Crippen molar-refractivity contribution in [1.29, 1.82) is 0 Å². The lowest BCUT2D eigenvalue weighted by Gasteiger charge is -2.08. The first-order valence-corrected chi connectivity index (χ1v) is 6.28. The Balaban J connectivity index is 2.20. The van der Waals surface area contributed by atoms with E-state index in [2.05, 4.69) is 4.98 Å². The summed E-state index contributed by atoms with van der Waals surface area (Å²) in [7, 11) is 1.56. The Bertz CT molecular complexity index is 830. The van der Waals surface area contributed by atoms with Crippen molar-refractivity contribution >= 4 is 10.9 Å². The highest BCUT2D eigenvalue weighted by molar-refractivity contribution is 5.88. The van der Waals surface area contributed by atoms with Crippen LogP contribution in [-0.4, -0.2) is 27.4 Å². The number of ether oxygens (including phenoxy) is 1. The van der Waals surface area contributed by atoms with Crippen LogP contribution in [0.25, 0.3) is 22.2 Å². The molecule has 106 valence electrons. The lowest BCUT2D eigenvalue weighted by Crippen LogP contribution is -1.88. The van der Waals surface area contributed by atoms with Gasteiger partial charge in [-0.05, 0) is 30.3 Å². The molecule has 3 N–H and O–H groups in total. The van der Waals surface area contributed by atoms with Crippen molar-refractivity contribution in [2.75, 3.05) is 7.11 Å². The minimum atomic E-state index is -0.237. The molecule has 0 saturated carbocycles. The number of methoxy groups -OCH3 is 1. The van der Waals surface area contributed by atoms with Gasteiger partial charge in [0.2, 0.25) is 0 Å². The Morgan fingerprint density at radius 3 is 2.38 bits per heavy atom. The number of hydrogen-bond donors (Lipinski definition) is 3. The van der Waals surface area contributed by atoms with Gasteiger partial charge in [0.15, 0.2) is 11.5 Å². The first-order chi connectivity index (χ1) is 10.1. The molecule has 3 aromatic rings. The second-order valence-corrected chi connectivity index (χ2v) is 4.61. The van der Waals surface area contributed by atoms with Crippen LogP contribution in [0.2, 0.25) is 0 Å². The van der Waals surface area contributed by atoms with Crippen molar-refractivity contribution in [3.8, 4) is 34.3 Å². The minimum Gasteiger partial charge on any atom is -0.507 e. The Kier molecular flexibility index (Phi) is 3.02. The quantitative estimate of drug-likeness (QED) is 0.630. The van der Waals surface area contributed by atoms with E-state index >= 15 is 0 Å². The molecule has 1 aromatic heterocycles. The van der Waals surface area contributed by atoms with E-state index in [9.17, 15) is 15.3 Å². The number of aromatic hydroxyl groups is 3. The summed E-state index contributed by atoms with van der Waals surface area (Å²) in [4.78, 5) is 4.45. The fourth-order valence-corrected chi connectivity index (χ4v) is 2.15. The Hall–Kier alpha value is -2.95. The highest BCUT2D eigenvalue weighted by atomic mass is 16.5. The van der Waals surface area contributed by atoms with Gasteiger partial charge in [-0.2, -0.15) is 0 Å². The molecule has 0 radical (unpaired) electrons. The van der Waals surface area contributed by atoms with Crippen LogP contribution in [0.15, 0.2) is 42.5 Å². The van der Waals surface area contributed by atoms with Gasteiger partial charge in [0.05, 0.1) is 18.3 Å². The zero-order chi connectivity index (χ0) is 15.0. The third-order valence-electron chi connectivity index (χ3n) is 3.27. The van der Waals surface area contributed by atoms with Gasteiger partial charge in [-0.25, -0.2) is 4.98 Å². The van der Waals surface area contributed by atoms with Crippen molar-refractivity contribution in [2.45, 2.75) is 0 Å². The maximum Gasteiger partial charge on any atom is 0.158 e. The average molecular weight is 283 g/mol. The standard InChI is InChI=1S/C16H13NO4/c1-21-10-3-4-11-13(7-10)17-12(8-15(11)19)9-2-5-14(18)16(20)6-9/h2-8,18,20H,1H3,(H,17,19). The second kappa shape index (κ2) is 4.86. The summed E-state index contributed by atoms with van der Waals surface area (Å²) in [5, 5.41) is 29.6. The molecule has 0 aliphatic carbocycles. The zero-order valence-corrected chi connectivity index (χ0v) is 11.2. The first-order valence-electron chi connectivity index (χ1n) is 6.28. The summed E-state index contributed by atoms with van der Waals surface area (Å²) in [6.07, 6.45) is 0. The Labute approximate surface area is 120 Å². The molecule has 21 heavy (non-hydrogen) atoms. The number of benzene rings is 2. The zero-order valence-electron chi connectivity index (χ0n) is 11.2. The number of nitrogens with zero attached hydrogens (tertiary/aromatic N) is 1. The molecule has 0 unspecified atom stereocenters. The van der Waals surface area contributed by atoms with Gasteiger partial charge in [0.1, 0.15) is 11.5 Å². The van der Waals surface area contributed by atoms with Gasteiger partial charge in [-0.15, -0.1) is 0 Å². The van der Waals surface area contributed by atoms with Gasteiger partial charge in [-0.1, -0.05) is 0 Å². The van der Waals surface area contributed by atoms with E-state index in [-0.39, 0.29) is 17.2 Å². The molecule has 0 fully saturated rings. The molecule has 0 aliphatic rings. The smallest absolute Gasteiger partial charge is 0.158 e. The predicted molar refractivity (Wildman–Crippen MR) is 78.7 cm³/mol. The van der Waals surface area contributed by atoms with E-state index < -0.39 is 0 Å². The van der Waals surface area contributed by atoms with Crippen molar-refractivity contribution < 1.29 is 20.1 Å². The summed E-state index contributed by atoms with van der Waals surface area (Å²) in [6, 6.07) is 11.1. The maximum atomic E-state index is 10.1. The van der Waals surface area contributed by atoms with Crippen LogP contribution in [-0.2, 0) is 0 Å². The van der Waals surface area contributed by atoms with Gasteiger partial charge in [0.25, 0.3) is 0 Å². The first kappa shape index (κ1) is 13.1. The molecule has 1 heterocycles. The highest BCUT2D eigenvalue weighted by Gasteiger charge is 2.09. The molecule has 3 rings (SSSR count). The van der Waals surface area contributed by atoms with Gasteiger partial charge in [-0.3, -0.25) is 0 Å². The average Bonchev–Trinajstić information content (AvgIpc) is 2.49. The van der Waals surface area contributed by atoms with Gasteiger partial charge >= 0.3 is 0 Å². The van der Waals surface area contributed by atoms with E-state index in [1.54, 1.807) is 31.4 Å². The van der Waals surface area contributed by atoms with Crippen LogP contribution in [0.5, 0.6) is 23.0 Å². The third-order valence-corrected chi connectivity index (χ3v) is 3.27. The third kappa shape index (κ3) is 2.29. The van der Waals surface area contributed by atoms with E-state index in [4.69, 9.17) is 4.74 Å². The Morgan fingerprint density at radius 1 is 0.857 bits per heavy atom. The number of rotatable bonds is 2. The number of aromatic nitrogens is 1. The molecule has 0 aliphatic heterocycles. The van der Waals surface area contributed by atoms with Crippen molar-refractivity contribution in [2.24, 2.45) is 0 Å². The van der Waals surface area contributed by atoms with Crippen LogP contribution >= 0.6 is 0 Å². The SMILES string of the molecule is COc1ccc2c(O)cc(-c3ccc(O)c(O)c3)nc2c1. The molecule has 0 saturated heterocycles. The lowest BCUT2D eigenvalue weighted by molar-refractivity contribution is 0.404. The molecule has 0 bridgehead atoms. The molecular formula is C16H13NO4.